The van der Waals surface area contributed by atoms with Crippen LogP contribution in [0.15, 0.2) is 30.5 Å². The van der Waals surface area contributed by atoms with Crippen LogP contribution in [-0.4, -0.2) is 29.0 Å². The maximum atomic E-state index is 11.2. The molecule has 0 radical (unpaired) electrons. The zero-order valence-electron chi connectivity index (χ0n) is 11.9. The normalized spacial score (nSPS) is 21.9. The molecule has 6 heteroatoms. The molecule has 6 nitrogen and oxygen atoms in total. The summed E-state index contributed by atoms with van der Waals surface area (Å²) in [6.07, 6.45) is 2.72. The van der Waals surface area contributed by atoms with Crippen molar-refractivity contribution in [3.63, 3.8) is 0 Å². The lowest BCUT2D eigenvalue weighted by atomic mass is 10.1. The minimum Gasteiger partial charge on any atom is -0.367 e. The molecule has 1 aliphatic heterocycles. The molecule has 0 saturated carbocycles. The Morgan fingerprint density at radius 1 is 1.48 bits per heavy atom. The number of hydrogen-bond acceptors (Lipinski definition) is 5. The first kappa shape index (κ1) is 13.8. The number of nitrogens with zero attached hydrogens (tertiary/aromatic N) is 3. The summed E-state index contributed by atoms with van der Waals surface area (Å²) in [5.41, 5.74) is 7.53. The second kappa shape index (κ2) is 5.29. The first-order valence-electron chi connectivity index (χ1n) is 7.10. The lowest BCUT2D eigenvalue weighted by Crippen LogP contribution is -2.27. The topological polar surface area (TPSA) is 85.3 Å². The SMILES string of the molecule is CC1CC(CN)CN1c1ccc([N+](=O)[O-])c2cccnc12. The Hall–Kier alpha value is -2.21. The van der Waals surface area contributed by atoms with Crippen molar-refractivity contribution in [1.82, 2.24) is 4.98 Å². The van der Waals surface area contributed by atoms with E-state index in [-0.39, 0.29) is 10.6 Å². The Bertz CT molecular complexity index is 688. The van der Waals surface area contributed by atoms with Crippen LogP contribution in [0.25, 0.3) is 10.9 Å². The van der Waals surface area contributed by atoms with Gasteiger partial charge < -0.3 is 10.6 Å². The number of hydrogen-bond donors (Lipinski definition) is 1. The molecule has 0 spiro atoms. The van der Waals surface area contributed by atoms with Gasteiger partial charge in [0.05, 0.1) is 16.0 Å². The van der Waals surface area contributed by atoms with Crippen LogP contribution in [-0.2, 0) is 0 Å². The first-order chi connectivity index (χ1) is 10.1. The summed E-state index contributed by atoms with van der Waals surface area (Å²) in [4.78, 5) is 17.4. The van der Waals surface area contributed by atoms with Gasteiger partial charge in [-0.05, 0) is 44.0 Å². The van der Waals surface area contributed by atoms with Crippen molar-refractivity contribution >= 4 is 22.3 Å². The van der Waals surface area contributed by atoms with Gasteiger partial charge in [0.25, 0.3) is 5.69 Å². The quantitative estimate of drug-likeness (QED) is 0.691. The Morgan fingerprint density at radius 3 is 2.95 bits per heavy atom. The van der Waals surface area contributed by atoms with Gasteiger partial charge in [-0.15, -0.1) is 0 Å². The zero-order chi connectivity index (χ0) is 15.0. The lowest BCUT2D eigenvalue weighted by molar-refractivity contribution is -0.383. The molecular formula is C15H18N4O2. The van der Waals surface area contributed by atoms with Gasteiger partial charge in [-0.1, -0.05) is 0 Å². The summed E-state index contributed by atoms with van der Waals surface area (Å²) < 4.78 is 0. The van der Waals surface area contributed by atoms with Gasteiger partial charge >= 0.3 is 0 Å². The van der Waals surface area contributed by atoms with Crippen LogP contribution >= 0.6 is 0 Å². The van der Waals surface area contributed by atoms with Crippen LogP contribution in [0, 0.1) is 16.0 Å². The van der Waals surface area contributed by atoms with Crippen molar-refractivity contribution in [3.05, 3.63) is 40.6 Å². The molecule has 2 atom stereocenters. The van der Waals surface area contributed by atoms with E-state index in [1.54, 1.807) is 24.4 Å². The van der Waals surface area contributed by atoms with E-state index in [9.17, 15) is 10.1 Å². The lowest BCUT2D eigenvalue weighted by Gasteiger charge is -2.24. The van der Waals surface area contributed by atoms with Gasteiger partial charge in [-0.25, -0.2) is 0 Å². The third-order valence-corrected chi connectivity index (χ3v) is 4.23. The molecule has 2 aromatic rings. The molecule has 0 aliphatic carbocycles. The van der Waals surface area contributed by atoms with E-state index < -0.39 is 0 Å². The number of pyridine rings is 1. The van der Waals surface area contributed by atoms with E-state index >= 15 is 0 Å². The Kier molecular flexibility index (Phi) is 3.47. The summed E-state index contributed by atoms with van der Waals surface area (Å²) in [6.45, 7) is 3.70. The standard InChI is InChI=1S/C15H18N4O2/c1-10-7-11(8-16)9-18(10)14-5-4-13(19(20)21)12-3-2-6-17-15(12)14/h2-6,10-11H,7-9,16H2,1H3. The van der Waals surface area contributed by atoms with Crippen LogP contribution in [0.3, 0.4) is 0 Å². The number of nitrogens with two attached hydrogens (primary N) is 1. The number of nitro benzene ring substituents is 1. The molecule has 0 bridgehead atoms. The Morgan fingerprint density at radius 2 is 2.29 bits per heavy atom. The Labute approximate surface area is 122 Å². The van der Waals surface area contributed by atoms with Crippen molar-refractivity contribution in [2.45, 2.75) is 19.4 Å². The van der Waals surface area contributed by atoms with Gasteiger partial charge in [0, 0.05) is 24.8 Å². The maximum absolute atomic E-state index is 11.2. The van der Waals surface area contributed by atoms with Crippen LogP contribution in [0.2, 0.25) is 0 Å². The van der Waals surface area contributed by atoms with Crippen LogP contribution in [0.4, 0.5) is 11.4 Å². The number of nitro groups is 1. The highest BCUT2D eigenvalue weighted by Gasteiger charge is 2.30. The van der Waals surface area contributed by atoms with E-state index in [1.165, 1.54) is 0 Å². The van der Waals surface area contributed by atoms with Crippen molar-refractivity contribution in [2.75, 3.05) is 18.0 Å². The predicted molar refractivity (Wildman–Crippen MR) is 82.4 cm³/mol. The van der Waals surface area contributed by atoms with E-state index in [0.29, 0.717) is 29.4 Å². The second-order valence-corrected chi connectivity index (χ2v) is 5.60. The summed E-state index contributed by atoms with van der Waals surface area (Å²) in [7, 11) is 0. The fourth-order valence-corrected chi connectivity index (χ4v) is 3.18. The van der Waals surface area contributed by atoms with Crippen LogP contribution in [0.5, 0.6) is 0 Å². The third-order valence-electron chi connectivity index (χ3n) is 4.23. The minimum absolute atomic E-state index is 0.101. The van der Waals surface area contributed by atoms with Gasteiger partial charge in [-0.2, -0.15) is 0 Å². The maximum Gasteiger partial charge on any atom is 0.278 e. The van der Waals surface area contributed by atoms with E-state index in [0.717, 1.165) is 18.7 Å². The average molecular weight is 286 g/mol. The number of anilines is 1. The highest BCUT2D eigenvalue weighted by molar-refractivity contribution is 5.97. The number of fused-ring (bicyclic) bond motifs is 1. The van der Waals surface area contributed by atoms with Crippen LogP contribution in [0.1, 0.15) is 13.3 Å². The molecule has 1 saturated heterocycles. The Balaban J connectivity index is 2.12. The average Bonchev–Trinajstić information content (AvgIpc) is 2.87. The summed E-state index contributed by atoms with van der Waals surface area (Å²) in [5, 5.41) is 11.7. The third kappa shape index (κ3) is 2.31. The summed E-state index contributed by atoms with van der Waals surface area (Å²) in [6, 6.07) is 7.23. The minimum atomic E-state index is -0.357. The first-order valence-corrected chi connectivity index (χ1v) is 7.10. The number of non-ortho nitro benzene ring substituents is 1. The fourth-order valence-electron chi connectivity index (χ4n) is 3.18. The number of benzene rings is 1. The van der Waals surface area contributed by atoms with E-state index in [2.05, 4.69) is 16.8 Å². The molecule has 1 fully saturated rings. The van der Waals surface area contributed by atoms with Crippen molar-refractivity contribution < 1.29 is 4.92 Å². The molecule has 110 valence electrons. The molecule has 1 aliphatic rings. The van der Waals surface area contributed by atoms with Gasteiger partial charge in [0.1, 0.15) is 5.52 Å². The molecular weight excluding hydrogens is 268 g/mol. The molecule has 3 rings (SSSR count). The second-order valence-electron chi connectivity index (χ2n) is 5.60. The smallest absolute Gasteiger partial charge is 0.278 e. The predicted octanol–water partition coefficient (Wildman–Crippen LogP) is 2.32. The molecule has 2 unspecified atom stereocenters. The van der Waals surface area contributed by atoms with Gasteiger partial charge in [0.15, 0.2) is 0 Å². The van der Waals surface area contributed by atoms with E-state index in [1.807, 2.05) is 6.07 Å². The molecule has 1 aromatic heterocycles. The highest BCUT2D eigenvalue weighted by atomic mass is 16.6. The number of rotatable bonds is 3. The van der Waals surface area contributed by atoms with Gasteiger partial charge in [-0.3, -0.25) is 15.1 Å². The molecule has 1 aromatic carbocycles. The summed E-state index contributed by atoms with van der Waals surface area (Å²) in [5.74, 6) is 0.467. The van der Waals surface area contributed by atoms with Crippen LogP contribution < -0.4 is 10.6 Å². The fraction of sp³-hybridized carbons (Fsp3) is 0.400. The van der Waals surface area contributed by atoms with Gasteiger partial charge in [0.2, 0.25) is 0 Å². The molecule has 2 heterocycles. The highest BCUT2D eigenvalue weighted by Crippen LogP contribution is 2.36. The van der Waals surface area contributed by atoms with E-state index in [4.69, 9.17) is 5.73 Å². The molecule has 0 amide bonds. The largest absolute Gasteiger partial charge is 0.367 e. The molecule has 21 heavy (non-hydrogen) atoms. The van der Waals surface area contributed by atoms with Crippen molar-refractivity contribution in [3.8, 4) is 0 Å². The monoisotopic (exact) mass is 286 g/mol. The van der Waals surface area contributed by atoms with Crippen molar-refractivity contribution in [2.24, 2.45) is 11.7 Å². The summed E-state index contributed by atoms with van der Waals surface area (Å²) >= 11 is 0. The zero-order valence-corrected chi connectivity index (χ0v) is 11.9. The van der Waals surface area contributed by atoms with Crippen molar-refractivity contribution in [1.29, 1.82) is 0 Å². The number of aromatic nitrogens is 1. The molecule has 2 N–H and O–H groups in total.